The maximum absolute atomic E-state index is 13.0. The van der Waals surface area contributed by atoms with Crippen LogP contribution < -0.4 is 0 Å². The van der Waals surface area contributed by atoms with E-state index in [-0.39, 0.29) is 23.8 Å². The molecule has 1 nitrogen and oxygen atoms in total. The molecular formula is C16H14ClFO. The molecule has 3 rings (SSSR count). The Kier molecular flexibility index (Phi) is 3.08. The van der Waals surface area contributed by atoms with E-state index in [1.54, 1.807) is 12.1 Å². The molecule has 3 heteroatoms. The standard InChI is InChI=1S/C16H14ClFO/c17-15-4-2-1-3-13(15)14-9-16(14,10-19)11-5-7-12(18)8-6-11/h1-8,14,19H,9-10H2. The van der Waals surface area contributed by atoms with Crippen LogP contribution in [0.2, 0.25) is 5.02 Å². The minimum absolute atomic E-state index is 0.0501. The van der Waals surface area contributed by atoms with E-state index >= 15 is 0 Å². The Morgan fingerprint density at radius 1 is 1.16 bits per heavy atom. The molecule has 98 valence electrons. The van der Waals surface area contributed by atoms with Crippen molar-refractivity contribution in [1.82, 2.24) is 0 Å². The van der Waals surface area contributed by atoms with Gasteiger partial charge in [-0.2, -0.15) is 0 Å². The molecule has 2 aromatic carbocycles. The fourth-order valence-electron chi connectivity index (χ4n) is 2.84. The van der Waals surface area contributed by atoms with Crippen LogP contribution in [0.5, 0.6) is 0 Å². The van der Waals surface area contributed by atoms with Gasteiger partial charge in [-0.1, -0.05) is 41.9 Å². The van der Waals surface area contributed by atoms with E-state index in [4.69, 9.17) is 11.6 Å². The second-order valence-corrected chi connectivity index (χ2v) is 5.51. The highest BCUT2D eigenvalue weighted by Gasteiger charge is 2.56. The molecule has 2 unspecified atom stereocenters. The molecule has 0 bridgehead atoms. The average Bonchev–Trinajstić information content (AvgIpc) is 3.16. The van der Waals surface area contributed by atoms with Crippen molar-refractivity contribution in [1.29, 1.82) is 0 Å². The van der Waals surface area contributed by atoms with Gasteiger partial charge in [0.05, 0.1) is 6.61 Å². The summed E-state index contributed by atoms with van der Waals surface area (Å²) in [6, 6.07) is 14.1. The number of hydrogen-bond acceptors (Lipinski definition) is 1. The molecule has 19 heavy (non-hydrogen) atoms. The summed E-state index contributed by atoms with van der Waals surface area (Å²) in [5, 5.41) is 10.5. The third-order valence-electron chi connectivity index (χ3n) is 4.06. The van der Waals surface area contributed by atoms with Crippen LogP contribution in [0.4, 0.5) is 4.39 Å². The Hall–Kier alpha value is -1.38. The summed E-state index contributed by atoms with van der Waals surface area (Å²) < 4.78 is 13.0. The largest absolute Gasteiger partial charge is 0.395 e. The molecule has 2 aromatic rings. The minimum Gasteiger partial charge on any atom is -0.395 e. The maximum Gasteiger partial charge on any atom is 0.123 e. The fraction of sp³-hybridized carbons (Fsp3) is 0.250. The lowest BCUT2D eigenvalue weighted by molar-refractivity contribution is 0.251. The van der Waals surface area contributed by atoms with Crippen molar-refractivity contribution in [3.8, 4) is 0 Å². The second-order valence-electron chi connectivity index (χ2n) is 5.10. The van der Waals surface area contributed by atoms with Gasteiger partial charge in [0.15, 0.2) is 0 Å². The molecule has 0 amide bonds. The number of halogens is 2. The first-order chi connectivity index (χ1) is 9.17. The van der Waals surface area contributed by atoms with Crippen molar-refractivity contribution in [3.63, 3.8) is 0 Å². The van der Waals surface area contributed by atoms with Crippen molar-refractivity contribution < 1.29 is 9.50 Å². The average molecular weight is 277 g/mol. The molecule has 1 aliphatic rings. The first-order valence-corrected chi connectivity index (χ1v) is 6.66. The zero-order chi connectivity index (χ0) is 13.5. The van der Waals surface area contributed by atoms with E-state index in [1.807, 2.05) is 24.3 Å². The minimum atomic E-state index is -0.307. The third kappa shape index (κ3) is 2.05. The van der Waals surface area contributed by atoms with E-state index in [0.717, 1.165) is 22.6 Å². The predicted molar refractivity (Wildman–Crippen MR) is 74.0 cm³/mol. The van der Waals surface area contributed by atoms with Crippen LogP contribution in [0.15, 0.2) is 48.5 Å². The molecular weight excluding hydrogens is 263 g/mol. The zero-order valence-corrected chi connectivity index (χ0v) is 11.1. The maximum atomic E-state index is 13.0. The van der Waals surface area contributed by atoms with Gasteiger partial charge < -0.3 is 5.11 Å². The van der Waals surface area contributed by atoms with Crippen LogP contribution in [0.1, 0.15) is 23.5 Å². The lowest BCUT2D eigenvalue weighted by atomic mass is 9.91. The Balaban J connectivity index is 1.96. The SMILES string of the molecule is OCC1(c2ccc(F)cc2)CC1c1ccccc1Cl. The molecule has 1 aliphatic carbocycles. The Bertz CT molecular complexity index is 596. The number of hydrogen-bond donors (Lipinski definition) is 1. The van der Waals surface area contributed by atoms with Gasteiger partial charge in [0, 0.05) is 10.4 Å². The van der Waals surface area contributed by atoms with Crippen molar-refractivity contribution >= 4 is 11.6 Å². The summed E-state index contributed by atoms with van der Waals surface area (Å²) in [6.07, 6.45) is 0.846. The molecule has 0 radical (unpaired) electrons. The monoisotopic (exact) mass is 276 g/mol. The van der Waals surface area contributed by atoms with E-state index in [2.05, 4.69) is 0 Å². The smallest absolute Gasteiger partial charge is 0.123 e. The summed E-state index contributed by atoms with van der Waals surface area (Å²) in [5.74, 6) is -0.0524. The topological polar surface area (TPSA) is 20.2 Å². The normalized spacial score (nSPS) is 25.3. The Morgan fingerprint density at radius 2 is 1.84 bits per heavy atom. The molecule has 2 atom stereocenters. The molecule has 1 N–H and O–H groups in total. The van der Waals surface area contributed by atoms with Crippen molar-refractivity contribution in [2.24, 2.45) is 0 Å². The first kappa shape index (κ1) is 12.6. The molecule has 0 saturated heterocycles. The van der Waals surface area contributed by atoms with Gasteiger partial charge in [-0.15, -0.1) is 0 Å². The van der Waals surface area contributed by atoms with Gasteiger partial charge in [-0.3, -0.25) is 0 Å². The Labute approximate surface area is 116 Å². The highest BCUT2D eigenvalue weighted by atomic mass is 35.5. The van der Waals surface area contributed by atoms with E-state index in [0.29, 0.717) is 0 Å². The molecule has 0 aromatic heterocycles. The van der Waals surface area contributed by atoms with Gasteiger partial charge in [-0.25, -0.2) is 4.39 Å². The van der Waals surface area contributed by atoms with Crippen LogP contribution in [0.3, 0.4) is 0 Å². The van der Waals surface area contributed by atoms with Crippen molar-refractivity contribution in [2.75, 3.05) is 6.61 Å². The second kappa shape index (κ2) is 4.62. The van der Waals surface area contributed by atoms with Gasteiger partial charge in [0.1, 0.15) is 5.82 Å². The predicted octanol–water partition coefficient (Wildman–Crippen LogP) is 3.90. The number of benzene rings is 2. The third-order valence-corrected chi connectivity index (χ3v) is 4.40. The summed E-state index contributed by atoms with van der Waals surface area (Å²) in [7, 11) is 0. The molecule has 0 aliphatic heterocycles. The number of aliphatic hydroxyl groups excluding tert-OH is 1. The Morgan fingerprint density at radius 3 is 2.47 bits per heavy atom. The summed E-state index contributed by atoms with van der Waals surface area (Å²) in [4.78, 5) is 0. The van der Waals surface area contributed by atoms with Crippen LogP contribution >= 0.6 is 11.6 Å². The molecule has 1 fully saturated rings. The highest BCUT2D eigenvalue weighted by Crippen LogP contribution is 2.61. The number of rotatable bonds is 3. The van der Waals surface area contributed by atoms with Crippen molar-refractivity contribution in [3.05, 3.63) is 70.5 Å². The van der Waals surface area contributed by atoms with Gasteiger partial charge >= 0.3 is 0 Å². The van der Waals surface area contributed by atoms with Gasteiger partial charge in [0.2, 0.25) is 0 Å². The van der Waals surface area contributed by atoms with Crippen LogP contribution in [-0.4, -0.2) is 11.7 Å². The van der Waals surface area contributed by atoms with Crippen molar-refractivity contribution in [2.45, 2.75) is 17.8 Å². The van der Waals surface area contributed by atoms with Crippen LogP contribution in [0.25, 0.3) is 0 Å². The molecule has 1 saturated carbocycles. The lowest BCUT2D eigenvalue weighted by Crippen LogP contribution is -2.15. The molecule has 0 spiro atoms. The highest BCUT2D eigenvalue weighted by molar-refractivity contribution is 6.31. The van der Waals surface area contributed by atoms with E-state index in [1.165, 1.54) is 12.1 Å². The summed E-state index contributed by atoms with van der Waals surface area (Å²) >= 11 is 6.21. The number of aliphatic hydroxyl groups is 1. The van der Waals surface area contributed by atoms with Crippen LogP contribution in [0, 0.1) is 5.82 Å². The quantitative estimate of drug-likeness (QED) is 0.901. The zero-order valence-electron chi connectivity index (χ0n) is 10.3. The lowest BCUT2D eigenvalue weighted by Gasteiger charge is -2.16. The van der Waals surface area contributed by atoms with E-state index < -0.39 is 0 Å². The molecule has 0 heterocycles. The van der Waals surface area contributed by atoms with Gasteiger partial charge in [0.25, 0.3) is 0 Å². The summed E-state index contributed by atoms with van der Waals surface area (Å²) in [6.45, 7) is 0.0501. The first-order valence-electron chi connectivity index (χ1n) is 6.29. The van der Waals surface area contributed by atoms with Crippen LogP contribution in [-0.2, 0) is 5.41 Å². The van der Waals surface area contributed by atoms with E-state index in [9.17, 15) is 9.50 Å². The summed E-state index contributed by atoms with van der Waals surface area (Å²) in [5.41, 5.74) is 1.72. The van der Waals surface area contributed by atoms with Gasteiger partial charge in [-0.05, 0) is 41.7 Å². The fourth-order valence-corrected chi connectivity index (χ4v) is 3.10.